The first-order valence-corrected chi connectivity index (χ1v) is 12.4. The molecule has 0 atom stereocenters. The predicted octanol–water partition coefficient (Wildman–Crippen LogP) is 6.46. The second-order valence-electron chi connectivity index (χ2n) is 9.11. The number of amides is 1. The number of nitrogen functional groups attached to an aromatic ring is 1. The lowest BCUT2D eigenvalue weighted by Gasteiger charge is -2.13. The van der Waals surface area contributed by atoms with Gasteiger partial charge in [0.15, 0.2) is 0 Å². The summed E-state index contributed by atoms with van der Waals surface area (Å²) in [5.41, 5.74) is 8.49. The van der Waals surface area contributed by atoms with Crippen LogP contribution < -0.4 is 15.2 Å². The first-order chi connectivity index (χ1) is 19.4. The predicted molar refractivity (Wildman–Crippen MR) is 155 cm³/mol. The first-order valence-electron chi connectivity index (χ1n) is 12.4. The fourth-order valence-electron chi connectivity index (χ4n) is 4.05. The second-order valence-corrected chi connectivity index (χ2v) is 9.11. The summed E-state index contributed by atoms with van der Waals surface area (Å²) >= 11 is 0. The lowest BCUT2D eigenvalue weighted by atomic mass is 10.0. The summed E-state index contributed by atoms with van der Waals surface area (Å²) in [6, 6.07) is 30.2. The van der Waals surface area contributed by atoms with Crippen LogP contribution >= 0.6 is 0 Å². The standard InChI is InChI=1S/C32H25N5O3/c1-37(2)29(38)18-25(19-33)23-9-8-21-10-15-28(17-24(21)16-23)40-32-30(31(34)35-20-36-32)22-11-13-27(14-12-22)39-26-6-4-3-5-7-26/h3-18,20H,1-2H3,(H2,34,35,36). The number of para-hydroxylation sites is 1. The summed E-state index contributed by atoms with van der Waals surface area (Å²) < 4.78 is 12.1. The summed E-state index contributed by atoms with van der Waals surface area (Å²) in [4.78, 5) is 22.1. The van der Waals surface area contributed by atoms with Crippen LogP contribution in [0.1, 0.15) is 5.56 Å². The number of anilines is 1. The molecule has 0 saturated carbocycles. The van der Waals surface area contributed by atoms with Gasteiger partial charge in [0.1, 0.15) is 29.4 Å². The average Bonchev–Trinajstić information content (AvgIpc) is 2.96. The number of benzene rings is 4. The lowest BCUT2D eigenvalue weighted by molar-refractivity contribution is -0.123. The number of nitrogens with zero attached hydrogens (tertiary/aromatic N) is 4. The zero-order valence-corrected chi connectivity index (χ0v) is 21.9. The van der Waals surface area contributed by atoms with Crippen LogP contribution in [0.4, 0.5) is 5.82 Å². The van der Waals surface area contributed by atoms with Gasteiger partial charge >= 0.3 is 0 Å². The van der Waals surface area contributed by atoms with Crippen LogP contribution in [0.3, 0.4) is 0 Å². The Bertz CT molecular complexity index is 1760. The maximum atomic E-state index is 12.1. The van der Waals surface area contributed by atoms with Crippen LogP contribution in [0.25, 0.3) is 27.5 Å². The number of carbonyl (C=O) groups excluding carboxylic acids is 1. The van der Waals surface area contributed by atoms with E-state index in [0.717, 1.165) is 22.1 Å². The summed E-state index contributed by atoms with van der Waals surface area (Å²) in [5, 5.41) is 11.4. The zero-order chi connectivity index (χ0) is 28.1. The minimum absolute atomic E-state index is 0.262. The van der Waals surface area contributed by atoms with E-state index in [9.17, 15) is 10.1 Å². The van der Waals surface area contributed by atoms with Crippen molar-refractivity contribution in [2.24, 2.45) is 0 Å². The first kappa shape index (κ1) is 25.9. The normalized spacial score (nSPS) is 11.1. The molecule has 0 unspecified atom stereocenters. The highest BCUT2D eigenvalue weighted by Crippen LogP contribution is 2.37. The highest BCUT2D eigenvalue weighted by Gasteiger charge is 2.15. The minimum Gasteiger partial charge on any atom is -0.457 e. The van der Waals surface area contributed by atoms with Gasteiger partial charge in [-0.15, -0.1) is 0 Å². The summed E-state index contributed by atoms with van der Waals surface area (Å²) in [6.07, 6.45) is 2.68. The van der Waals surface area contributed by atoms with Crippen LogP contribution in [0.15, 0.2) is 103 Å². The highest BCUT2D eigenvalue weighted by molar-refractivity contribution is 5.99. The smallest absolute Gasteiger partial charge is 0.247 e. The van der Waals surface area contributed by atoms with Gasteiger partial charge in [-0.25, -0.2) is 9.97 Å². The number of allylic oxidation sites excluding steroid dienone is 1. The number of rotatable bonds is 7. The molecule has 0 aliphatic rings. The number of hydrogen-bond donors (Lipinski definition) is 1. The molecule has 196 valence electrons. The van der Waals surface area contributed by atoms with E-state index in [1.165, 1.54) is 17.3 Å². The molecule has 5 rings (SSSR count). The third-order valence-corrected chi connectivity index (χ3v) is 6.13. The summed E-state index contributed by atoms with van der Waals surface area (Å²) in [5.74, 6) is 2.26. The SMILES string of the molecule is CN(C)C(=O)C=C(C#N)c1ccc2ccc(Oc3ncnc(N)c3-c3ccc(Oc4ccccc4)cc3)cc2c1. The number of likely N-dealkylation sites (N-methyl/N-ethyl adjacent to an activating group) is 1. The third-order valence-electron chi connectivity index (χ3n) is 6.13. The van der Waals surface area contributed by atoms with Crippen LogP contribution in [0.5, 0.6) is 23.1 Å². The number of carbonyl (C=O) groups is 1. The highest BCUT2D eigenvalue weighted by atomic mass is 16.5. The molecule has 0 radical (unpaired) electrons. The molecule has 5 aromatic rings. The van der Waals surface area contributed by atoms with Gasteiger partial charge < -0.3 is 20.1 Å². The van der Waals surface area contributed by atoms with E-state index >= 15 is 0 Å². The van der Waals surface area contributed by atoms with E-state index in [0.29, 0.717) is 28.5 Å². The Labute approximate surface area is 231 Å². The molecule has 4 aromatic carbocycles. The van der Waals surface area contributed by atoms with Crippen LogP contribution in [0, 0.1) is 11.3 Å². The van der Waals surface area contributed by atoms with Crippen molar-refractivity contribution < 1.29 is 14.3 Å². The molecule has 1 heterocycles. The molecule has 0 saturated heterocycles. The van der Waals surface area contributed by atoms with Crippen molar-refractivity contribution in [2.45, 2.75) is 0 Å². The molecule has 0 aliphatic heterocycles. The van der Waals surface area contributed by atoms with Crippen molar-refractivity contribution in [3.63, 3.8) is 0 Å². The van der Waals surface area contributed by atoms with E-state index < -0.39 is 0 Å². The number of nitrogens with two attached hydrogens (primary N) is 1. The van der Waals surface area contributed by atoms with Crippen molar-refractivity contribution in [1.29, 1.82) is 5.26 Å². The Morgan fingerprint density at radius 2 is 1.55 bits per heavy atom. The number of aromatic nitrogens is 2. The van der Waals surface area contributed by atoms with E-state index in [4.69, 9.17) is 15.2 Å². The minimum atomic E-state index is -0.262. The molecule has 1 amide bonds. The third kappa shape index (κ3) is 5.74. The molecule has 8 heteroatoms. The Morgan fingerprint density at radius 1 is 0.850 bits per heavy atom. The fourth-order valence-corrected chi connectivity index (χ4v) is 4.05. The number of nitriles is 1. The molecule has 0 aliphatic carbocycles. The molecule has 40 heavy (non-hydrogen) atoms. The van der Waals surface area contributed by atoms with Crippen molar-refractivity contribution in [3.8, 4) is 40.3 Å². The zero-order valence-electron chi connectivity index (χ0n) is 21.9. The van der Waals surface area contributed by atoms with Crippen molar-refractivity contribution in [1.82, 2.24) is 14.9 Å². The maximum absolute atomic E-state index is 12.1. The van der Waals surface area contributed by atoms with Crippen LogP contribution in [-0.2, 0) is 4.79 Å². The second kappa shape index (κ2) is 11.4. The van der Waals surface area contributed by atoms with Crippen molar-refractivity contribution in [2.75, 3.05) is 19.8 Å². The van der Waals surface area contributed by atoms with E-state index in [1.807, 2.05) is 91.0 Å². The number of fused-ring (bicyclic) bond motifs is 1. The summed E-state index contributed by atoms with van der Waals surface area (Å²) in [7, 11) is 3.28. The Kier molecular flexibility index (Phi) is 7.38. The van der Waals surface area contributed by atoms with Gasteiger partial charge in [0, 0.05) is 20.2 Å². The van der Waals surface area contributed by atoms with Gasteiger partial charge in [-0.3, -0.25) is 4.79 Å². The Balaban J connectivity index is 1.44. The molecule has 0 fully saturated rings. The Morgan fingerprint density at radius 3 is 2.27 bits per heavy atom. The van der Waals surface area contributed by atoms with Crippen LogP contribution in [0.2, 0.25) is 0 Å². The molecule has 2 N–H and O–H groups in total. The van der Waals surface area contributed by atoms with Gasteiger partial charge in [-0.1, -0.05) is 48.5 Å². The van der Waals surface area contributed by atoms with Crippen LogP contribution in [-0.4, -0.2) is 34.9 Å². The van der Waals surface area contributed by atoms with Gasteiger partial charge in [0.05, 0.1) is 17.2 Å². The molecule has 0 bridgehead atoms. The number of ether oxygens (including phenoxy) is 2. The monoisotopic (exact) mass is 527 g/mol. The molecule has 1 aromatic heterocycles. The fraction of sp³-hybridized carbons (Fsp3) is 0.0625. The van der Waals surface area contributed by atoms with E-state index in [2.05, 4.69) is 16.0 Å². The van der Waals surface area contributed by atoms with Gasteiger partial charge in [-0.2, -0.15) is 5.26 Å². The van der Waals surface area contributed by atoms with Crippen molar-refractivity contribution in [3.05, 3.63) is 109 Å². The van der Waals surface area contributed by atoms with Gasteiger partial charge in [-0.05, 0) is 64.4 Å². The summed E-state index contributed by atoms with van der Waals surface area (Å²) in [6.45, 7) is 0. The topological polar surface area (TPSA) is 114 Å². The molecule has 8 nitrogen and oxygen atoms in total. The van der Waals surface area contributed by atoms with Crippen molar-refractivity contribution >= 4 is 28.1 Å². The lowest BCUT2D eigenvalue weighted by Crippen LogP contribution is -2.19. The quantitative estimate of drug-likeness (QED) is 0.191. The average molecular weight is 528 g/mol. The van der Waals surface area contributed by atoms with Gasteiger partial charge in [0.2, 0.25) is 11.8 Å². The largest absolute Gasteiger partial charge is 0.457 e. The molecular formula is C32H25N5O3. The van der Waals surface area contributed by atoms with Gasteiger partial charge in [0.25, 0.3) is 0 Å². The maximum Gasteiger partial charge on any atom is 0.247 e. The Hall–Kier alpha value is -5.68. The molecular weight excluding hydrogens is 502 g/mol. The van der Waals surface area contributed by atoms with E-state index in [-0.39, 0.29) is 17.3 Å². The van der Waals surface area contributed by atoms with E-state index in [1.54, 1.807) is 14.1 Å². The number of hydrogen-bond acceptors (Lipinski definition) is 7. The molecule has 0 spiro atoms.